The second-order valence-corrected chi connectivity index (χ2v) is 6.34. The van der Waals surface area contributed by atoms with Crippen molar-refractivity contribution in [2.24, 2.45) is 5.73 Å². The van der Waals surface area contributed by atoms with Crippen molar-refractivity contribution in [1.82, 2.24) is 10.0 Å². The molecule has 0 heterocycles. The Morgan fingerprint density at radius 1 is 1.24 bits per heavy atom. The summed E-state index contributed by atoms with van der Waals surface area (Å²) in [6.07, 6.45) is 1.61. The minimum atomic E-state index is -3.17. The molecule has 1 aromatic rings. The first kappa shape index (κ1) is 17.4. The van der Waals surface area contributed by atoms with E-state index in [2.05, 4.69) is 10.0 Å². The molecular formula is C13H21N3O4S. The van der Waals surface area contributed by atoms with Crippen molar-refractivity contribution in [3.63, 3.8) is 0 Å². The Morgan fingerprint density at radius 3 is 2.48 bits per heavy atom. The zero-order valence-corrected chi connectivity index (χ0v) is 12.8. The number of sulfonamides is 1. The van der Waals surface area contributed by atoms with Crippen LogP contribution in [0.5, 0.6) is 5.75 Å². The average molecular weight is 315 g/mol. The van der Waals surface area contributed by atoms with Gasteiger partial charge in [-0.05, 0) is 24.1 Å². The van der Waals surface area contributed by atoms with Crippen LogP contribution < -0.4 is 20.5 Å². The fourth-order valence-electron chi connectivity index (χ4n) is 1.50. The highest BCUT2D eigenvalue weighted by Gasteiger charge is 2.03. The summed E-state index contributed by atoms with van der Waals surface area (Å²) in [7, 11) is -3.17. The molecule has 118 valence electrons. The first-order valence-corrected chi connectivity index (χ1v) is 8.43. The van der Waals surface area contributed by atoms with Crippen molar-refractivity contribution in [3.8, 4) is 5.75 Å². The van der Waals surface area contributed by atoms with Crippen LogP contribution in [0, 0.1) is 0 Å². The summed E-state index contributed by atoms with van der Waals surface area (Å²) < 4.78 is 29.3. The van der Waals surface area contributed by atoms with Gasteiger partial charge in [0.15, 0.2) is 6.61 Å². The van der Waals surface area contributed by atoms with E-state index in [4.69, 9.17) is 10.5 Å². The second-order valence-electron chi connectivity index (χ2n) is 4.51. The summed E-state index contributed by atoms with van der Waals surface area (Å²) in [6.45, 7) is 1.06. The first-order chi connectivity index (χ1) is 9.90. The smallest absolute Gasteiger partial charge is 0.257 e. The van der Waals surface area contributed by atoms with Crippen LogP contribution in [-0.4, -0.2) is 40.3 Å². The lowest BCUT2D eigenvalue weighted by Gasteiger charge is -2.08. The van der Waals surface area contributed by atoms with Gasteiger partial charge in [0.05, 0.1) is 6.26 Å². The quantitative estimate of drug-likeness (QED) is 0.536. The highest BCUT2D eigenvalue weighted by molar-refractivity contribution is 7.88. The maximum atomic E-state index is 11.5. The van der Waals surface area contributed by atoms with Gasteiger partial charge in [-0.1, -0.05) is 12.1 Å². The molecule has 0 fully saturated rings. The second kappa shape index (κ2) is 8.60. The SMILES string of the molecule is CS(=O)(=O)NCCCNC(=O)COc1ccc(CN)cc1. The van der Waals surface area contributed by atoms with E-state index in [0.717, 1.165) is 11.8 Å². The highest BCUT2D eigenvalue weighted by Crippen LogP contribution is 2.11. The van der Waals surface area contributed by atoms with E-state index in [1.165, 1.54) is 0 Å². The Kier molecular flexibility index (Phi) is 7.13. The van der Waals surface area contributed by atoms with Gasteiger partial charge >= 0.3 is 0 Å². The number of carbonyl (C=O) groups excluding carboxylic acids is 1. The lowest BCUT2D eigenvalue weighted by molar-refractivity contribution is -0.123. The predicted molar refractivity (Wildman–Crippen MR) is 80.3 cm³/mol. The topological polar surface area (TPSA) is 111 Å². The Balaban J connectivity index is 2.16. The van der Waals surface area contributed by atoms with E-state index in [1.54, 1.807) is 12.1 Å². The number of carbonyl (C=O) groups is 1. The molecule has 0 unspecified atom stereocenters. The third kappa shape index (κ3) is 8.28. The molecule has 0 spiro atoms. The molecule has 0 radical (unpaired) electrons. The summed E-state index contributed by atoms with van der Waals surface area (Å²) >= 11 is 0. The van der Waals surface area contributed by atoms with E-state index in [-0.39, 0.29) is 12.5 Å². The van der Waals surface area contributed by atoms with Crippen LogP contribution >= 0.6 is 0 Å². The molecular weight excluding hydrogens is 294 g/mol. The number of nitrogens with one attached hydrogen (secondary N) is 2. The fourth-order valence-corrected chi connectivity index (χ4v) is 2.01. The molecule has 0 aliphatic carbocycles. The van der Waals surface area contributed by atoms with Gasteiger partial charge in [0, 0.05) is 19.6 Å². The van der Waals surface area contributed by atoms with Crippen LogP contribution in [0.15, 0.2) is 24.3 Å². The molecule has 0 aliphatic rings. The number of nitrogens with two attached hydrogens (primary N) is 1. The number of amides is 1. The molecule has 0 saturated heterocycles. The number of rotatable bonds is 9. The van der Waals surface area contributed by atoms with E-state index in [9.17, 15) is 13.2 Å². The Hall–Kier alpha value is -1.64. The lowest BCUT2D eigenvalue weighted by Crippen LogP contribution is -2.32. The lowest BCUT2D eigenvalue weighted by atomic mass is 10.2. The zero-order valence-electron chi connectivity index (χ0n) is 12.0. The van der Waals surface area contributed by atoms with Gasteiger partial charge in [-0.15, -0.1) is 0 Å². The van der Waals surface area contributed by atoms with Crippen molar-refractivity contribution < 1.29 is 17.9 Å². The standard InChI is InChI=1S/C13H21N3O4S/c1-21(18,19)16-8-2-7-15-13(17)10-20-12-5-3-11(9-14)4-6-12/h3-6,16H,2,7-10,14H2,1H3,(H,15,17). The van der Waals surface area contributed by atoms with E-state index >= 15 is 0 Å². The summed E-state index contributed by atoms with van der Waals surface area (Å²) in [5.74, 6) is 0.346. The van der Waals surface area contributed by atoms with Gasteiger partial charge in [0.1, 0.15) is 5.75 Å². The third-order valence-electron chi connectivity index (χ3n) is 2.57. The number of hydrogen-bond donors (Lipinski definition) is 3. The van der Waals surface area contributed by atoms with E-state index in [1.807, 2.05) is 12.1 Å². The monoisotopic (exact) mass is 315 g/mol. The molecule has 0 atom stereocenters. The maximum Gasteiger partial charge on any atom is 0.257 e. The molecule has 1 rings (SSSR count). The molecule has 0 bridgehead atoms. The van der Waals surface area contributed by atoms with Crippen LogP contribution in [0.4, 0.5) is 0 Å². The van der Waals surface area contributed by atoms with E-state index in [0.29, 0.717) is 31.8 Å². The highest BCUT2D eigenvalue weighted by atomic mass is 32.2. The number of ether oxygens (including phenoxy) is 1. The normalized spacial score (nSPS) is 11.1. The number of benzene rings is 1. The minimum Gasteiger partial charge on any atom is -0.484 e. The molecule has 0 saturated carbocycles. The minimum absolute atomic E-state index is 0.0819. The average Bonchev–Trinajstić information content (AvgIpc) is 2.44. The van der Waals surface area contributed by atoms with Crippen LogP contribution in [-0.2, 0) is 21.4 Å². The van der Waals surface area contributed by atoms with Crippen molar-refractivity contribution in [2.45, 2.75) is 13.0 Å². The molecule has 0 aliphatic heterocycles. The fraction of sp³-hybridized carbons (Fsp3) is 0.462. The zero-order chi connectivity index (χ0) is 15.7. The van der Waals surface area contributed by atoms with Gasteiger partial charge < -0.3 is 15.8 Å². The summed E-state index contributed by atoms with van der Waals surface area (Å²) in [4.78, 5) is 11.5. The molecule has 1 aromatic carbocycles. The number of hydrogen-bond acceptors (Lipinski definition) is 5. The van der Waals surface area contributed by atoms with Crippen molar-refractivity contribution in [2.75, 3.05) is 26.0 Å². The van der Waals surface area contributed by atoms with Crippen LogP contribution in [0.25, 0.3) is 0 Å². The first-order valence-electron chi connectivity index (χ1n) is 6.54. The van der Waals surface area contributed by atoms with Crippen LogP contribution in [0.3, 0.4) is 0 Å². The van der Waals surface area contributed by atoms with Gasteiger partial charge in [-0.2, -0.15) is 0 Å². The summed E-state index contributed by atoms with van der Waals surface area (Å²) in [6, 6.07) is 7.19. The Labute approximate surface area is 124 Å². The molecule has 7 nitrogen and oxygen atoms in total. The van der Waals surface area contributed by atoms with Gasteiger partial charge in [0.25, 0.3) is 5.91 Å². The Bertz CT molecular complexity index is 543. The van der Waals surface area contributed by atoms with E-state index < -0.39 is 10.0 Å². The van der Waals surface area contributed by atoms with Crippen molar-refractivity contribution >= 4 is 15.9 Å². The molecule has 0 aromatic heterocycles. The third-order valence-corrected chi connectivity index (χ3v) is 3.30. The van der Waals surface area contributed by atoms with Crippen molar-refractivity contribution in [1.29, 1.82) is 0 Å². The molecule has 8 heteroatoms. The summed E-state index contributed by atoms with van der Waals surface area (Å²) in [5, 5.41) is 2.64. The Morgan fingerprint density at radius 2 is 1.90 bits per heavy atom. The summed E-state index contributed by atoms with van der Waals surface area (Å²) in [5.41, 5.74) is 6.47. The molecule has 1 amide bonds. The molecule has 21 heavy (non-hydrogen) atoms. The predicted octanol–water partition coefficient (Wildman–Crippen LogP) is -0.420. The maximum absolute atomic E-state index is 11.5. The van der Waals surface area contributed by atoms with Crippen molar-refractivity contribution in [3.05, 3.63) is 29.8 Å². The van der Waals surface area contributed by atoms with Crippen LogP contribution in [0.1, 0.15) is 12.0 Å². The van der Waals surface area contributed by atoms with Gasteiger partial charge in [-0.3, -0.25) is 4.79 Å². The van der Waals surface area contributed by atoms with Gasteiger partial charge in [0.2, 0.25) is 10.0 Å². The van der Waals surface area contributed by atoms with Gasteiger partial charge in [-0.25, -0.2) is 13.1 Å². The van der Waals surface area contributed by atoms with Crippen LogP contribution in [0.2, 0.25) is 0 Å². The largest absolute Gasteiger partial charge is 0.484 e. The molecule has 4 N–H and O–H groups in total.